The van der Waals surface area contributed by atoms with Crippen molar-refractivity contribution in [2.45, 2.75) is 65.6 Å². The number of hydrogen-bond acceptors (Lipinski definition) is 8. The summed E-state index contributed by atoms with van der Waals surface area (Å²) in [7, 11) is 0. The fourth-order valence-corrected chi connectivity index (χ4v) is 4.53. The maximum absolute atomic E-state index is 11.8. The molecule has 0 fully saturated rings. The maximum atomic E-state index is 11.8. The van der Waals surface area contributed by atoms with Gasteiger partial charge in [0, 0.05) is 53.6 Å². The first kappa shape index (κ1) is 32.4. The van der Waals surface area contributed by atoms with Gasteiger partial charge in [0.1, 0.15) is 24.7 Å². The Bertz CT molecular complexity index is 1280. The van der Waals surface area contributed by atoms with Crippen molar-refractivity contribution in [3.63, 3.8) is 0 Å². The summed E-state index contributed by atoms with van der Waals surface area (Å²) < 4.78 is 35.1. The van der Waals surface area contributed by atoms with Gasteiger partial charge in [0.2, 0.25) is 0 Å². The number of carbonyl (C=O) groups is 2. The highest BCUT2D eigenvalue weighted by Gasteiger charge is 2.21. The van der Waals surface area contributed by atoms with Crippen LogP contribution in [0, 0.1) is 0 Å². The molecule has 3 rings (SSSR count). The van der Waals surface area contributed by atoms with Crippen LogP contribution in [0.15, 0.2) is 42.5 Å². The quantitative estimate of drug-likeness (QED) is 0.0900. The molecule has 0 aliphatic heterocycles. The molecule has 0 N–H and O–H groups in total. The number of rotatable bonds is 18. The number of hydrogen-bond donors (Lipinski definition) is 0. The number of unbranched alkanes of at least 4 members (excludes halogenated alkanes) is 2. The van der Waals surface area contributed by atoms with Crippen LogP contribution in [0.5, 0.6) is 11.5 Å². The Balaban J connectivity index is 1.93. The molecular weight excluding hydrogens is 548 g/mol. The lowest BCUT2D eigenvalue weighted by Gasteiger charge is -2.22. The van der Waals surface area contributed by atoms with Crippen LogP contribution < -0.4 is 9.47 Å². The van der Waals surface area contributed by atoms with E-state index >= 15 is 0 Å². The van der Waals surface area contributed by atoms with E-state index in [0.717, 1.165) is 47.2 Å². The number of fused-ring (bicyclic) bond motifs is 2. The SMILES string of the molecule is CCCCOCC(COc1c2ccccc2c(OCC(COCCCC)OC(C)=O)c2cc(Cl)ccc12)OC(C)=O. The van der Waals surface area contributed by atoms with Gasteiger partial charge in [0.25, 0.3) is 0 Å². The molecule has 0 radical (unpaired) electrons. The summed E-state index contributed by atoms with van der Waals surface area (Å²) in [6.07, 6.45) is 2.72. The summed E-state index contributed by atoms with van der Waals surface area (Å²) in [5.74, 6) is 0.407. The number of benzene rings is 3. The van der Waals surface area contributed by atoms with Gasteiger partial charge in [-0.25, -0.2) is 0 Å². The van der Waals surface area contributed by atoms with Crippen molar-refractivity contribution in [1.82, 2.24) is 0 Å². The molecule has 0 bridgehead atoms. The summed E-state index contributed by atoms with van der Waals surface area (Å²) in [6.45, 7) is 8.76. The topological polar surface area (TPSA) is 89.5 Å². The number of ether oxygens (including phenoxy) is 6. The highest BCUT2D eigenvalue weighted by Crippen LogP contribution is 2.43. The van der Waals surface area contributed by atoms with Crippen molar-refractivity contribution in [2.75, 3.05) is 39.6 Å². The van der Waals surface area contributed by atoms with E-state index < -0.39 is 24.1 Å². The molecule has 9 heteroatoms. The molecule has 0 spiro atoms. The van der Waals surface area contributed by atoms with Gasteiger partial charge in [-0.3, -0.25) is 9.59 Å². The Hall–Kier alpha value is -3.07. The molecule has 0 saturated carbocycles. The molecule has 0 heterocycles. The van der Waals surface area contributed by atoms with Crippen LogP contribution in [0.2, 0.25) is 5.02 Å². The van der Waals surface area contributed by atoms with Crippen molar-refractivity contribution in [3.8, 4) is 11.5 Å². The van der Waals surface area contributed by atoms with Crippen LogP contribution >= 0.6 is 11.6 Å². The largest absolute Gasteiger partial charge is 0.488 e. The summed E-state index contributed by atoms with van der Waals surface area (Å²) >= 11 is 6.43. The zero-order chi connectivity index (χ0) is 29.6. The van der Waals surface area contributed by atoms with Crippen molar-refractivity contribution < 1.29 is 38.0 Å². The predicted octanol–water partition coefficient (Wildman–Crippen LogP) is 6.90. The van der Waals surface area contributed by atoms with Crippen molar-refractivity contribution in [2.24, 2.45) is 0 Å². The molecule has 2 unspecified atom stereocenters. The molecule has 224 valence electrons. The monoisotopic (exact) mass is 588 g/mol. The number of halogens is 1. The van der Waals surface area contributed by atoms with E-state index in [4.69, 9.17) is 40.0 Å². The summed E-state index contributed by atoms with van der Waals surface area (Å²) in [4.78, 5) is 23.5. The maximum Gasteiger partial charge on any atom is 0.303 e. The molecule has 0 aromatic heterocycles. The van der Waals surface area contributed by atoms with E-state index in [1.165, 1.54) is 13.8 Å². The second-order valence-electron chi connectivity index (χ2n) is 9.84. The van der Waals surface area contributed by atoms with Crippen molar-refractivity contribution in [1.29, 1.82) is 0 Å². The molecule has 0 aliphatic rings. The zero-order valence-corrected chi connectivity index (χ0v) is 25.2. The van der Waals surface area contributed by atoms with Crippen molar-refractivity contribution >= 4 is 45.1 Å². The Kier molecular flexibility index (Phi) is 13.5. The van der Waals surface area contributed by atoms with Crippen molar-refractivity contribution in [3.05, 3.63) is 47.5 Å². The van der Waals surface area contributed by atoms with Gasteiger partial charge in [0.05, 0.1) is 13.2 Å². The molecule has 2 atom stereocenters. The molecule has 8 nitrogen and oxygen atoms in total. The van der Waals surface area contributed by atoms with Gasteiger partial charge in [-0.1, -0.05) is 62.6 Å². The second kappa shape index (κ2) is 17.0. The van der Waals surface area contributed by atoms with Gasteiger partial charge in [-0.15, -0.1) is 0 Å². The van der Waals surface area contributed by atoms with Gasteiger partial charge >= 0.3 is 11.9 Å². The van der Waals surface area contributed by atoms with Gasteiger partial charge in [-0.2, -0.15) is 0 Å². The standard InChI is InChI=1S/C32H41ClO8/c1-5-7-15-36-18-25(40-22(3)34)20-38-31-27-11-9-10-12-28(27)32(30-17-24(33)13-14-29(30)31)39-21-26(41-23(4)35)19-37-16-8-6-2/h9-14,17,25-26H,5-8,15-16,18-21H2,1-4H3. The Morgan fingerprint density at radius 2 is 1.15 bits per heavy atom. The number of esters is 2. The lowest BCUT2D eigenvalue weighted by atomic mass is 10.0. The van der Waals surface area contributed by atoms with E-state index in [1.54, 1.807) is 6.07 Å². The molecular formula is C32H41ClO8. The average molecular weight is 589 g/mol. The predicted molar refractivity (Wildman–Crippen MR) is 160 cm³/mol. The van der Waals surface area contributed by atoms with Crippen LogP contribution in [-0.4, -0.2) is 63.8 Å². The molecule has 3 aromatic rings. The van der Waals surface area contributed by atoms with E-state index in [1.807, 2.05) is 36.4 Å². The third-order valence-corrected chi connectivity index (χ3v) is 6.51. The lowest BCUT2D eigenvalue weighted by molar-refractivity contribution is -0.152. The fraction of sp³-hybridized carbons (Fsp3) is 0.500. The summed E-state index contributed by atoms with van der Waals surface area (Å²) in [6, 6.07) is 13.2. The minimum absolute atomic E-state index is 0.0984. The summed E-state index contributed by atoms with van der Waals surface area (Å²) in [5, 5.41) is 3.66. The van der Waals surface area contributed by atoms with Gasteiger partial charge < -0.3 is 28.4 Å². The van der Waals surface area contributed by atoms with E-state index in [2.05, 4.69) is 13.8 Å². The second-order valence-corrected chi connectivity index (χ2v) is 10.3. The average Bonchev–Trinajstić information content (AvgIpc) is 2.94. The smallest absolute Gasteiger partial charge is 0.303 e. The van der Waals surface area contributed by atoms with Crippen LogP contribution in [0.4, 0.5) is 0 Å². The first-order valence-corrected chi connectivity index (χ1v) is 14.6. The molecule has 0 amide bonds. The van der Waals surface area contributed by atoms with E-state index in [9.17, 15) is 9.59 Å². The van der Waals surface area contributed by atoms with E-state index in [0.29, 0.717) is 29.7 Å². The molecule has 0 aliphatic carbocycles. The number of carbonyl (C=O) groups excluding carboxylic acids is 2. The minimum Gasteiger partial charge on any atom is -0.488 e. The molecule has 41 heavy (non-hydrogen) atoms. The minimum atomic E-state index is -0.578. The first-order valence-electron chi connectivity index (χ1n) is 14.2. The van der Waals surface area contributed by atoms with Crippen LogP contribution in [0.1, 0.15) is 53.4 Å². The molecule has 3 aromatic carbocycles. The Morgan fingerprint density at radius 1 is 0.683 bits per heavy atom. The first-order chi connectivity index (χ1) is 19.8. The highest BCUT2D eigenvalue weighted by atomic mass is 35.5. The lowest BCUT2D eigenvalue weighted by Crippen LogP contribution is -2.29. The van der Waals surface area contributed by atoms with Gasteiger partial charge in [-0.05, 0) is 31.0 Å². The normalized spacial score (nSPS) is 12.7. The third-order valence-electron chi connectivity index (χ3n) is 6.27. The summed E-state index contributed by atoms with van der Waals surface area (Å²) in [5.41, 5.74) is 0. The third kappa shape index (κ3) is 10.1. The fourth-order valence-electron chi connectivity index (χ4n) is 4.36. The van der Waals surface area contributed by atoms with Crippen LogP contribution in [0.25, 0.3) is 21.5 Å². The highest BCUT2D eigenvalue weighted by molar-refractivity contribution is 6.31. The van der Waals surface area contributed by atoms with Crippen LogP contribution in [0.3, 0.4) is 0 Å². The zero-order valence-electron chi connectivity index (χ0n) is 24.4. The Morgan fingerprint density at radius 3 is 1.61 bits per heavy atom. The van der Waals surface area contributed by atoms with E-state index in [-0.39, 0.29) is 26.4 Å². The van der Waals surface area contributed by atoms with Gasteiger partial charge in [0.15, 0.2) is 12.2 Å². The Labute approximate surface area is 247 Å². The van der Waals surface area contributed by atoms with Crippen LogP contribution in [-0.2, 0) is 28.5 Å². The molecule has 0 saturated heterocycles.